The summed E-state index contributed by atoms with van der Waals surface area (Å²) in [5.74, 6) is 0.791. The molecular weight excluding hydrogens is 471 g/mol. The normalized spacial score (nSPS) is 11.1. The fourth-order valence-corrected chi connectivity index (χ4v) is 3.50. The molecule has 2 aromatic heterocycles. The molecule has 0 aliphatic carbocycles. The molecule has 2 heterocycles. The predicted octanol–water partition coefficient (Wildman–Crippen LogP) is 3.47. The summed E-state index contributed by atoms with van der Waals surface area (Å²) in [5, 5.41) is 12.1. The molecule has 2 N–H and O–H groups in total. The van der Waals surface area contributed by atoms with Crippen LogP contribution >= 0.6 is 35.3 Å². The number of aliphatic imine (C=N–C) groups is 1. The van der Waals surface area contributed by atoms with Crippen molar-refractivity contribution in [2.75, 3.05) is 13.6 Å². The quantitative estimate of drug-likeness (QED) is 0.312. The molecule has 0 bridgehead atoms. The fourth-order valence-electron chi connectivity index (χ4n) is 2.57. The highest BCUT2D eigenvalue weighted by Crippen LogP contribution is 2.16. The summed E-state index contributed by atoms with van der Waals surface area (Å²) in [5.41, 5.74) is 3.35. The molecule has 27 heavy (non-hydrogen) atoms. The zero-order chi connectivity index (χ0) is 18.4. The fraction of sp³-hybridized carbons (Fsp3) is 0.316. The first-order valence-corrected chi connectivity index (χ1v) is 9.44. The predicted molar refractivity (Wildman–Crippen MR) is 122 cm³/mol. The van der Waals surface area contributed by atoms with Crippen LogP contribution in [-0.2, 0) is 13.0 Å². The Morgan fingerprint density at radius 3 is 2.74 bits per heavy atom. The first-order chi connectivity index (χ1) is 12.7. The zero-order valence-corrected chi connectivity index (χ0v) is 18.9. The average Bonchev–Trinajstić information content (AvgIpc) is 3.29. The van der Waals surface area contributed by atoms with Gasteiger partial charge in [-0.1, -0.05) is 12.1 Å². The molecule has 0 atom stereocenters. The lowest BCUT2D eigenvalue weighted by molar-refractivity contribution is 0.789. The molecule has 8 heteroatoms. The standard InChI is InChI=1S/C19H24N6S.HI/c1-14-15(2)26-18(24-14)8-10-21-19(20-3)22-13-16-6-4-7-17(12-16)25-11-5-9-23-25;/h4-7,9,11-12H,8,10,13H2,1-3H3,(H2,20,21,22);1H. The number of hydrogen-bond acceptors (Lipinski definition) is 4. The van der Waals surface area contributed by atoms with Crippen LogP contribution in [0.3, 0.4) is 0 Å². The molecule has 0 aliphatic heterocycles. The SMILES string of the molecule is CN=C(NCCc1nc(C)c(C)s1)NCc1cccc(-n2cccn2)c1.I. The van der Waals surface area contributed by atoms with E-state index in [1.807, 2.05) is 29.1 Å². The summed E-state index contributed by atoms with van der Waals surface area (Å²) in [6.07, 6.45) is 4.62. The van der Waals surface area contributed by atoms with Gasteiger partial charge in [-0.3, -0.25) is 4.99 Å². The van der Waals surface area contributed by atoms with Gasteiger partial charge in [-0.2, -0.15) is 5.10 Å². The van der Waals surface area contributed by atoms with Crippen LogP contribution < -0.4 is 10.6 Å². The van der Waals surface area contributed by atoms with Gasteiger partial charge in [0.1, 0.15) is 0 Å². The van der Waals surface area contributed by atoms with Crippen LogP contribution in [-0.4, -0.2) is 34.3 Å². The minimum Gasteiger partial charge on any atom is -0.356 e. The summed E-state index contributed by atoms with van der Waals surface area (Å²) in [4.78, 5) is 10.2. The highest BCUT2D eigenvalue weighted by atomic mass is 127. The van der Waals surface area contributed by atoms with Gasteiger partial charge < -0.3 is 10.6 Å². The Kier molecular flexibility index (Phi) is 8.23. The number of aromatic nitrogens is 3. The van der Waals surface area contributed by atoms with Crippen LogP contribution in [0.25, 0.3) is 5.69 Å². The van der Waals surface area contributed by atoms with Crippen molar-refractivity contribution < 1.29 is 0 Å². The van der Waals surface area contributed by atoms with E-state index in [1.54, 1.807) is 24.6 Å². The first-order valence-electron chi connectivity index (χ1n) is 8.62. The van der Waals surface area contributed by atoms with E-state index >= 15 is 0 Å². The third kappa shape index (κ3) is 6.03. The number of hydrogen-bond donors (Lipinski definition) is 2. The Balaban J connectivity index is 0.00000261. The third-order valence-corrected chi connectivity index (χ3v) is 5.20. The second-order valence-electron chi connectivity index (χ2n) is 5.97. The summed E-state index contributed by atoms with van der Waals surface area (Å²) in [6.45, 7) is 5.67. The van der Waals surface area contributed by atoms with E-state index in [1.165, 1.54) is 10.4 Å². The van der Waals surface area contributed by atoms with Crippen LogP contribution in [0.4, 0.5) is 0 Å². The molecule has 1 aromatic carbocycles. The maximum absolute atomic E-state index is 4.57. The highest BCUT2D eigenvalue weighted by Gasteiger charge is 2.05. The molecule has 0 radical (unpaired) electrons. The van der Waals surface area contributed by atoms with Crippen molar-refractivity contribution in [1.29, 1.82) is 0 Å². The number of benzene rings is 1. The molecule has 6 nitrogen and oxygen atoms in total. The Morgan fingerprint density at radius 2 is 2.07 bits per heavy atom. The molecule has 0 fully saturated rings. The van der Waals surface area contributed by atoms with E-state index in [-0.39, 0.29) is 24.0 Å². The van der Waals surface area contributed by atoms with Gasteiger partial charge in [-0.15, -0.1) is 35.3 Å². The van der Waals surface area contributed by atoms with Crippen molar-refractivity contribution in [3.05, 3.63) is 63.9 Å². The lowest BCUT2D eigenvalue weighted by Gasteiger charge is -2.12. The minimum absolute atomic E-state index is 0. The number of rotatable bonds is 6. The molecule has 0 unspecified atom stereocenters. The number of guanidine groups is 1. The van der Waals surface area contributed by atoms with Crippen molar-refractivity contribution in [3.8, 4) is 5.69 Å². The largest absolute Gasteiger partial charge is 0.356 e. The highest BCUT2D eigenvalue weighted by molar-refractivity contribution is 14.0. The van der Waals surface area contributed by atoms with Gasteiger partial charge in [-0.05, 0) is 37.6 Å². The van der Waals surface area contributed by atoms with Crippen LogP contribution in [0.2, 0.25) is 0 Å². The smallest absolute Gasteiger partial charge is 0.191 e. The van der Waals surface area contributed by atoms with Crippen molar-refractivity contribution in [2.24, 2.45) is 4.99 Å². The second kappa shape index (κ2) is 10.4. The number of nitrogens with zero attached hydrogens (tertiary/aromatic N) is 4. The van der Waals surface area contributed by atoms with E-state index < -0.39 is 0 Å². The summed E-state index contributed by atoms with van der Waals surface area (Å²) < 4.78 is 1.86. The Bertz CT molecular complexity index is 853. The Hall–Kier alpha value is -1.94. The van der Waals surface area contributed by atoms with Gasteiger partial charge >= 0.3 is 0 Å². The van der Waals surface area contributed by atoms with Gasteiger partial charge in [0.25, 0.3) is 0 Å². The maximum atomic E-state index is 4.57. The third-order valence-electron chi connectivity index (χ3n) is 4.07. The van der Waals surface area contributed by atoms with Crippen LogP contribution in [0, 0.1) is 13.8 Å². The van der Waals surface area contributed by atoms with E-state index in [2.05, 4.69) is 51.7 Å². The van der Waals surface area contributed by atoms with Gasteiger partial charge in [0.2, 0.25) is 0 Å². The molecular formula is C19H25IN6S. The van der Waals surface area contributed by atoms with E-state index in [4.69, 9.17) is 0 Å². The topological polar surface area (TPSA) is 67.1 Å². The number of halogens is 1. The Morgan fingerprint density at radius 1 is 1.22 bits per heavy atom. The van der Waals surface area contributed by atoms with Crippen molar-refractivity contribution in [2.45, 2.75) is 26.8 Å². The molecule has 0 aliphatic rings. The Labute approximate surface area is 181 Å². The average molecular weight is 496 g/mol. The maximum Gasteiger partial charge on any atom is 0.191 e. The summed E-state index contributed by atoms with van der Waals surface area (Å²) >= 11 is 1.76. The lowest BCUT2D eigenvalue weighted by Crippen LogP contribution is -2.37. The van der Waals surface area contributed by atoms with Gasteiger partial charge in [0, 0.05) is 43.8 Å². The number of aryl methyl sites for hydroxylation is 2. The summed E-state index contributed by atoms with van der Waals surface area (Å²) in [7, 11) is 1.78. The molecule has 0 spiro atoms. The molecule has 0 saturated carbocycles. The van der Waals surface area contributed by atoms with Crippen LogP contribution in [0.1, 0.15) is 21.1 Å². The monoisotopic (exact) mass is 496 g/mol. The van der Waals surface area contributed by atoms with Gasteiger partial charge in [-0.25, -0.2) is 9.67 Å². The van der Waals surface area contributed by atoms with E-state index in [9.17, 15) is 0 Å². The number of nitrogens with one attached hydrogen (secondary N) is 2. The molecule has 144 valence electrons. The lowest BCUT2D eigenvalue weighted by atomic mass is 10.2. The van der Waals surface area contributed by atoms with Crippen LogP contribution in [0.5, 0.6) is 0 Å². The van der Waals surface area contributed by atoms with Gasteiger partial charge in [0.05, 0.1) is 16.4 Å². The zero-order valence-electron chi connectivity index (χ0n) is 15.8. The number of thiazole rings is 1. The van der Waals surface area contributed by atoms with Crippen molar-refractivity contribution in [3.63, 3.8) is 0 Å². The summed E-state index contributed by atoms with van der Waals surface area (Å²) in [6, 6.07) is 10.2. The molecule has 0 saturated heterocycles. The van der Waals surface area contributed by atoms with Crippen molar-refractivity contribution >= 4 is 41.3 Å². The van der Waals surface area contributed by atoms with E-state index in [0.29, 0.717) is 6.54 Å². The van der Waals surface area contributed by atoms with Crippen LogP contribution in [0.15, 0.2) is 47.7 Å². The molecule has 3 aromatic rings. The first kappa shape index (κ1) is 21.4. The molecule has 3 rings (SSSR count). The second-order valence-corrected chi connectivity index (χ2v) is 7.26. The van der Waals surface area contributed by atoms with E-state index in [0.717, 1.165) is 35.3 Å². The minimum atomic E-state index is 0. The van der Waals surface area contributed by atoms with Gasteiger partial charge in [0.15, 0.2) is 5.96 Å². The van der Waals surface area contributed by atoms with Crippen molar-refractivity contribution in [1.82, 2.24) is 25.4 Å². The molecule has 0 amide bonds.